The molecule has 1 aromatic heterocycles. The van der Waals surface area contributed by atoms with Crippen molar-refractivity contribution in [3.63, 3.8) is 0 Å². The topological polar surface area (TPSA) is 50.6 Å². The van der Waals surface area contributed by atoms with Crippen molar-refractivity contribution in [2.24, 2.45) is 0 Å². The van der Waals surface area contributed by atoms with Gasteiger partial charge in [0.2, 0.25) is 0 Å². The number of benzene rings is 2. The standard InChI is InChI=1S/C23H27FN4O2/c1-16-15-26(22(29)30-23(2,3)4)11-12-27(16)20-9-10-21-17(13-20)14-25-28(21)19-7-5-18(24)6-8-19/h5-10,13-14,16H,11-12,15H2,1-4H3/t16-/m1/s1. The lowest BCUT2D eigenvalue weighted by Gasteiger charge is -2.41. The van der Waals surface area contributed by atoms with Crippen LogP contribution in [0.1, 0.15) is 27.7 Å². The number of nitrogens with zero attached hydrogens (tertiary/aromatic N) is 4. The lowest BCUT2D eigenvalue weighted by molar-refractivity contribution is 0.0219. The Kier molecular flexibility index (Phi) is 5.13. The Morgan fingerprint density at radius 3 is 2.47 bits per heavy atom. The molecular formula is C23H27FN4O2. The summed E-state index contributed by atoms with van der Waals surface area (Å²) in [6, 6.07) is 12.7. The van der Waals surface area contributed by atoms with Crippen LogP contribution in [0.3, 0.4) is 0 Å². The van der Waals surface area contributed by atoms with Gasteiger partial charge >= 0.3 is 6.09 Å². The highest BCUT2D eigenvalue weighted by Crippen LogP contribution is 2.27. The second-order valence-electron chi connectivity index (χ2n) is 8.74. The van der Waals surface area contributed by atoms with Gasteiger partial charge in [-0.2, -0.15) is 5.10 Å². The van der Waals surface area contributed by atoms with Crippen molar-refractivity contribution >= 4 is 22.7 Å². The van der Waals surface area contributed by atoms with E-state index in [2.05, 4.69) is 29.1 Å². The third kappa shape index (κ3) is 4.10. The molecule has 0 bridgehead atoms. The molecule has 0 aliphatic carbocycles. The van der Waals surface area contributed by atoms with Crippen molar-refractivity contribution in [3.8, 4) is 5.69 Å². The summed E-state index contributed by atoms with van der Waals surface area (Å²) in [5, 5.41) is 5.49. The fourth-order valence-corrected chi connectivity index (χ4v) is 3.82. The van der Waals surface area contributed by atoms with Gasteiger partial charge in [0, 0.05) is 36.7 Å². The van der Waals surface area contributed by atoms with E-state index in [1.807, 2.05) is 37.7 Å². The monoisotopic (exact) mass is 410 g/mol. The van der Waals surface area contributed by atoms with Crippen molar-refractivity contribution < 1.29 is 13.9 Å². The molecule has 2 heterocycles. The minimum atomic E-state index is -0.493. The molecule has 0 spiro atoms. The van der Waals surface area contributed by atoms with E-state index in [1.54, 1.807) is 17.0 Å². The summed E-state index contributed by atoms with van der Waals surface area (Å²) in [6.45, 7) is 9.72. The van der Waals surface area contributed by atoms with Crippen LogP contribution in [-0.4, -0.2) is 52.1 Å². The first-order valence-electron chi connectivity index (χ1n) is 10.2. The molecule has 0 unspecified atom stereocenters. The molecular weight excluding hydrogens is 383 g/mol. The van der Waals surface area contributed by atoms with Gasteiger partial charge in [0.1, 0.15) is 11.4 Å². The molecule has 1 aliphatic rings. The molecule has 0 radical (unpaired) electrons. The van der Waals surface area contributed by atoms with Gasteiger partial charge in [-0.05, 0) is 70.2 Å². The number of hydrogen-bond acceptors (Lipinski definition) is 4. The Balaban J connectivity index is 1.52. The third-order valence-electron chi connectivity index (χ3n) is 5.23. The second kappa shape index (κ2) is 7.63. The molecule has 7 heteroatoms. The number of ether oxygens (including phenoxy) is 1. The van der Waals surface area contributed by atoms with E-state index in [4.69, 9.17) is 4.74 Å². The molecule has 0 saturated carbocycles. The lowest BCUT2D eigenvalue weighted by Crippen LogP contribution is -2.54. The maximum absolute atomic E-state index is 13.2. The fourth-order valence-electron chi connectivity index (χ4n) is 3.82. The Morgan fingerprint density at radius 2 is 1.80 bits per heavy atom. The molecule has 4 rings (SSSR count). The Labute approximate surface area is 175 Å². The summed E-state index contributed by atoms with van der Waals surface area (Å²) in [4.78, 5) is 16.5. The molecule has 1 amide bonds. The number of fused-ring (bicyclic) bond motifs is 1. The largest absolute Gasteiger partial charge is 0.444 e. The van der Waals surface area contributed by atoms with Gasteiger partial charge in [0.15, 0.2) is 0 Å². The molecule has 3 aromatic rings. The molecule has 30 heavy (non-hydrogen) atoms. The molecule has 1 aliphatic heterocycles. The lowest BCUT2D eigenvalue weighted by atomic mass is 10.1. The fraction of sp³-hybridized carbons (Fsp3) is 0.391. The number of rotatable bonds is 2. The van der Waals surface area contributed by atoms with Crippen molar-refractivity contribution in [2.75, 3.05) is 24.5 Å². The zero-order valence-electron chi connectivity index (χ0n) is 17.8. The number of halogens is 1. The zero-order valence-corrected chi connectivity index (χ0v) is 17.8. The van der Waals surface area contributed by atoms with Gasteiger partial charge < -0.3 is 14.5 Å². The summed E-state index contributed by atoms with van der Waals surface area (Å²) >= 11 is 0. The van der Waals surface area contributed by atoms with Gasteiger partial charge in [0.25, 0.3) is 0 Å². The van der Waals surface area contributed by atoms with Crippen LogP contribution in [0.4, 0.5) is 14.9 Å². The van der Waals surface area contributed by atoms with E-state index in [1.165, 1.54) is 12.1 Å². The van der Waals surface area contributed by atoms with Gasteiger partial charge in [-0.15, -0.1) is 0 Å². The average molecular weight is 410 g/mol. The van der Waals surface area contributed by atoms with Crippen molar-refractivity contribution in [3.05, 3.63) is 54.5 Å². The molecule has 2 aromatic carbocycles. The summed E-state index contributed by atoms with van der Waals surface area (Å²) < 4.78 is 20.5. The van der Waals surface area contributed by atoms with Crippen molar-refractivity contribution in [1.82, 2.24) is 14.7 Å². The molecule has 1 fully saturated rings. The van der Waals surface area contributed by atoms with Gasteiger partial charge in [-0.3, -0.25) is 0 Å². The SMILES string of the molecule is C[C@@H]1CN(C(=O)OC(C)(C)C)CCN1c1ccc2c(cnn2-c2ccc(F)cc2)c1. The molecule has 1 atom stereocenters. The normalized spacial score (nSPS) is 17.4. The number of hydrogen-bond donors (Lipinski definition) is 0. The van der Waals surface area contributed by atoms with Crippen LogP contribution in [0.15, 0.2) is 48.7 Å². The first kappa shape index (κ1) is 20.2. The van der Waals surface area contributed by atoms with Gasteiger partial charge in [0.05, 0.1) is 17.4 Å². The highest BCUT2D eigenvalue weighted by molar-refractivity contribution is 5.84. The summed E-state index contributed by atoms with van der Waals surface area (Å²) in [6.07, 6.45) is 1.56. The van der Waals surface area contributed by atoms with Crippen LogP contribution < -0.4 is 4.90 Å². The first-order chi connectivity index (χ1) is 14.2. The van der Waals surface area contributed by atoms with E-state index >= 15 is 0 Å². The number of carbonyl (C=O) groups excluding carboxylic acids is 1. The Bertz CT molecular complexity index is 1060. The quantitative estimate of drug-likeness (QED) is 0.619. The van der Waals surface area contributed by atoms with Crippen molar-refractivity contribution in [2.45, 2.75) is 39.3 Å². The second-order valence-corrected chi connectivity index (χ2v) is 8.74. The maximum atomic E-state index is 13.2. The highest BCUT2D eigenvalue weighted by atomic mass is 19.1. The van der Waals surface area contributed by atoms with Crippen LogP contribution in [0.5, 0.6) is 0 Å². The molecule has 0 N–H and O–H groups in total. The molecule has 1 saturated heterocycles. The Morgan fingerprint density at radius 1 is 1.10 bits per heavy atom. The van der Waals surface area contributed by atoms with Gasteiger partial charge in [-0.25, -0.2) is 13.9 Å². The number of anilines is 1. The van der Waals surface area contributed by atoms with E-state index in [0.29, 0.717) is 13.1 Å². The first-order valence-corrected chi connectivity index (χ1v) is 10.2. The summed E-state index contributed by atoms with van der Waals surface area (Å²) in [7, 11) is 0. The Hall–Kier alpha value is -3.09. The predicted molar refractivity (Wildman–Crippen MR) is 116 cm³/mol. The third-order valence-corrected chi connectivity index (χ3v) is 5.23. The minimum Gasteiger partial charge on any atom is -0.444 e. The van der Waals surface area contributed by atoms with E-state index in [-0.39, 0.29) is 18.0 Å². The van der Waals surface area contributed by atoms with Crippen LogP contribution >= 0.6 is 0 Å². The van der Waals surface area contributed by atoms with E-state index < -0.39 is 5.60 Å². The number of aromatic nitrogens is 2. The van der Waals surface area contributed by atoms with E-state index in [9.17, 15) is 9.18 Å². The van der Waals surface area contributed by atoms with Crippen LogP contribution in [0, 0.1) is 5.82 Å². The van der Waals surface area contributed by atoms with Crippen LogP contribution in [0.2, 0.25) is 0 Å². The summed E-state index contributed by atoms with van der Waals surface area (Å²) in [5.41, 5.74) is 2.38. The van der Waals surface area contributed by atoms with Crippen LogP contribution in [0.25, 0.3) is 16.6 Å². The average Bonchev–Trinajstić information content (AvgIpc) is 3.10. The summed E-state index contributed by atoms with van der Waals surface area (Å²) in [5.74, 6) is -0.267. The van der Waals surface area contributed by atoms with Crippen molar-refractivity contribution in [1.29, 1.82) is 0 Å². The number of amides is 1. The molecule has 6 nitrogen and oxygen atoms in total. The maximum Gasteiger partial charge on any atom is 0.410 e. The molecule has 158 valence electrons. The van der Waals surface area contributed by atoms with E-state index in [0.717, 1.165) is 28.8 Å². The predicted octanol–water partition coefficient (Wildman–Crippen LogP) is 4.61. The number of carbonyl (C=O) groups is 1. The van der Waals surface area contributed by atoms with Crippen LogP contribution in [-0.2, 0) is 4.74 Å². The number of piperazine rings is 1. The van der Waals surface area contributed by atoms with Gasteiger partial charge in [-0.1, -0.05) is 0 Å². The highest BCUT2D eigenvalue weighted by Gasteiger charge is 2.30. The smallest absolute Gasteiger partial charge is 0.410 e. The minimum absolute atomic E-state index is 0.163. The zero-order chi connectivity index (χ0) is 21.5.